The Morgan fingerprint density at radius 3 is 1.36 bits per heavy atom. The van der Waals surface area contributed by atoms with Crippen LogP contribution >= 0.6 is 93.2 Å². The Morgan fingerprint density at radius 2 is 0.901 bits per heavy atom. The number of hydrazone groups is 1. The molecule has 40 heteroatoms. The number of fused-ring (bicyclic) bond motifs is 6. The topological polar surface area (TPSA) is 261 Å². The molecule has 13 rings (SSSR count). The van der Waals surface area contributed by atoms with E-state index in [9.17, 15) is 38.4 Å². The predicted octanol–water partition coefficient (Wildman–Crippen LogP) is -6.24. The minimum Gasteiger partial charge on any atom is -0.471 e. The number of rotatable bonds is 35. The number of hydrogen-bond acceptors (Lipinski definition) is 28. The third-order valence-corrected chi connectivity index (χ3v) is 27.7. The number of hydrogen-bond donors (Lipinski definition) is 0. The average Bonchev–Trinajstić information content (AvgIpc) is 1.63. The van der Waals surface area contributed by atoms with Crippen molar-refractivity contribution in [2.75, 3.05) is 64.4 Å². The fourth-order valence-corrected chi connectivity index (χ4v) is 20.3. The molecule has 688 valence electrons. The minimum atomic E-state index is -0.796. The number of aromatic nitrogens is 1. The summed E-state index contributed by atoms with van der Waals surface area (Å²) in [5, 5.41) is 11.4. The van der Waals surface area contributed by atoms with E-state index in [1.165, 1.54) is 116 Å². The van der Waals surface area contributed by atoms with Gasteiger partial charge in [0.25, 0.3) is 11.4 Å². The predicted molar refractivity (Wildman–Crippen MR) is 522 cm³/mol. The zero-order valence-corrected chi connectivity index (χ0v) is 122. The van der Waals surface area contributed by atoms with Gasteiger partial charge in [0, 0.05) is 53.6 Å². The maximum atomic E-state index is 12.8. The number of unbranched alkanes of at least 4 members (excludes halogenated alkanes) is 6. The number of carbonyl (C=O) groups excluding carboxylic acids is 8. The van der Waals surface area contributed by atoms with Gasteiger partial charge in [0.05, 0.1) is 52.8 Å². The molecule has 3 aromatic heterocycles. The van der Waals surface area contributed by atoms with Crippen LogP contribution in [0.2, 0.25) is 0 Å². The summed E-state index contributed by atoms with van der Waals surface area (Å²) in [7, 11) is 0. The zero-order valence-electron chi connectivity index (χ0n) is 84.4. The van der Waals surface area contributed by atoms with E-state index in [0.29, 0.717) is 51.2 Å². The van der Waals surface area contributed by atoms with Crippen molar-refractivity contribution >= 4 is 183 Å². The van der Waals surface area contributed by atoms with E-state index in [4.69, 9.17) is 60.6 Å². The zero-order chi connectivity index (χ0) is 95.1. The molecule has 3 aliphatic heterocycles. The molecule has 0 spiro atoms. The van der Waals surface area contributed by atoms with Crippen LogP contribution in [-0.2, 0) is 87.1 Å². The van der Waals surface area contributed by atoms with Crippen LogP contribution in [0.1, 0.15) is 140 Å². The molecule has 0 unspecified atom stereocenters. The van der Waals surface area contributed by atoms with Gasteiger partial charge in [0.15, 0.2) is 11.3 Å². The number of aryl methyl sites for hydroxylation is 2. The van der Waals surface area contributed by atoms with Crippen molar-refractivity contribution < 1.29 is 595 Å². The Hall–Kier alpha value is 4.78. The van der Waals surface area contributed by atoms with Crippen molar-refractivity contribution in [2.24, 2.45) is 5.10 Å². The summed E-state index contributed by atoms with van der Waals surface area (Å²) < 4.78 is 49.9. The Balaban J connectivity index is 0. The number of esters is 8. The van der Waals surface area contributed by atoms with Crippen molar-refractivity contribution in [1.29, 1.82) is 0 Å². The normalized spacial score (nSPS) is 12.0. The van der Waals surface area contributed by atoms with Crippen molar-refractivity contribution in [1.82, 2.24) is 4.98 Å². The summed E-state index contributed by atoms with van der Waals surface area (Å²) in [4.78, 5) is 110. The second kappa shape index (κ2) is 81.4. The van der Waals surface area contributed by atoms with E-state index >= 15 is 0 Å². The molecule has 3 aliphatic rings. The molecule has 0 N–H and O–H groups in total. The molecule has 0 aliphatic carbocycles. The number of thiazole rings is 1. The monoisotopic (exact) mass is 2310 g/mol. The van der Waals surface area contributed by atoms with E-state index < -0.39 is 47.8 Å². The number of ether oxygens (including phenoxy) is 8. The number of anilines is 1. The van der Waals surface area contributed by atoms with Crippen molar-refractivity contribution in [2.45, 2.75) is 167 Å². The van der Waals surface area contributed by atoms with Gasteiger partial charge in [-0.1, -0.05) is 135 Å². The molecule has 0 atom stereocenters. The summed E-state index contributed by atoms with van der Waals surface area (Å²) in [5.74, 6) is -4.27. The van der Waals surface area contributed by atoms with Gasteiger partial charge in [0.1, 0.15) is 28.8 Å². The van der Waals surface area contributed by atoms with E-state index in [0.717, 1.165) is 115 Å². The first-order valence-corrected chi connectivity index (χ1v) is 48.3. The fraction of sp³-hybridized carbons (Fsp3) is 0.294. The largest absolute Gasteiger partial charge is 1.00 e. The van der Waals surface area contributed by atoms with Gasteiger partial charge in [-0.3, -0.25) is 105 Å². The van der Waals surface area contributed by atoms with Crippen molar-refractivity contribution in [3.05, 3.63) is 295 Å². The van der Waals surface area contributed by atoms with Gasteiger partial charge >= 0.3 is 562 Å². The van der Waals surface area contributed by atoms with E-state index in [2.05, 4.69) is 218 Å². The molecular formula is C102H95K10N5O17S8. The van der Waals surface area contributed by atoms with Crippen LogP contribution in [0.5, 0.6) is 0 Å². The molecule has 0 fully saturated rings. The first kappa shape index (κ1) is 149. The summed E-state index contributed by atoms with van der Waals surface area (Å²) in [6.07, 6.45) is 14.0. The van der Waals surface area contributed by atoms with Gasteiger partial charge < -0.3 is 83.7 Å². The van der Waals surface area contributed by atoms with E-state index in [-0.39, 0.29) is 594 Å². The number of benzene rings is 7. The van der Waals surface area contributed by atoms with E-state index in [1.807, 2.05) is 48.7 Å². The van der Waals surface area contributed by atoms with Crippen molar-refractivity contribution in [3.8, 4) is 10.8 Å². The van der Waals surface area contributed by atoms with Crippen LogP contribution < -0.4 is 519 Å². The first-order chi connectivity index (χ1) is 63.5. The Morgan fingerprint density at radius 1 is 0.472 bits per heavy atom. The third-order valence-electron chi connectivity index (χ3n) is 18.2. The van der Waals surface area contributed by atoms with Crippen LogP contribution in [0.4, 0.5) is 5.00 Å². The number of thiophene rings is 1. The average molecular weight is 2310 g/mol. The molecule has 0 saturated heterocycles. The Bertz CT molecular complexity index is 5930. The van der Waals surface area contributed by atoms with Crippen LogP contribution in [0.15, 0.2) is 222 Å². The minimum absolute atomic E-state index is 0. The number of furan rings is 1. The molecule has 6 heterocycles. The number of thioether (sulfide) groups is 6. The third kappa shape index (κ3) is 51.6. The molecule has 7 aromatic carbocycles. The number of nitrogens with zero attached hydrogens (tertiary/aromatic N) is 5. The molecule has 0 radical (unpaired) electrons. The summed E-state index contributed by atoms with van der Waals surface area (Å²) in [5.41, 5.74) is 6.79. The fourth-order valence-electron chi connectivity index (χ4n) is 11.4. The molecule has 0 bridgehead atoms. The van der Waals surface area contributed by atoms with Gasteiger partial charge in [-0.2, -0.15) is 85.1 Å². The second-order valence-corrected chi connectivity index (χ2v) is 39.4. The maximum absolute atomic E-state index is 12.8. The summed E-state index contributed by atoms with van der Waals surface area (Å²) in [6, 6.07) is 65.3. The van der Waals surface area contributed by atoms with E-state index in [1.54, 1.807) is 34.8 Å². The van der Waals surface area contributed by atoms with Gasteiger partial charge in [0.2, 0.25) is 0 Å². The van der Waals surface area contributed by atoms with Gasteiger partial charge in [-0.15, -0.1) is 16.9 Å². The summed E-state index contributed by atoms with van der Waals surface area (Å²) >= 11 is 11.2. The van der Waals surface area contributed by atoms with Crippen molar-refractivity contribution in [3.63, 3.8) is 0 Å². The molecule has 10 aromatic rings. The quantitative estimate of drug-likeness (QED) is 0.00342. The summed E-state index contributed by atoms with van der Waals surface area (Å²) in [6.45, 7) is 48.4. The first-order valence-electron chi connectivity index (χ1n) is 41.7. The van der Waals surface area contributed by atoms with Crippen LogP contribution in [-0.4, -0.2) is 118 Å². The molecule has 0 saturated carbocycles. The maximum Gasteiger partial charge on any atom is 1.00 e. The second-order valence-electron chi connectivity index (χ2n) is 30.4. The van der Waals surface area contributed by atoms with Gasteiger partial charge in [-0.25, -0.2) is 80.0 Å². The standard InChI is InChI=1S/C24H24O8S2.C21H22N2S.C21H21NO4S2.C19H17NO4S2.C17H11NOS.10K/c1-3-19(25)29-13-7-9-15-31-22(27)21(24-33-17-11-5-6-12-18(17)34-24)23(28)32-16-10-8-14-30-20(26)4-2;1-2-3-4-10-15-23(22-17-18-11-6-5-7-12-18)21-16-19-13-8-9-14-20(19)24-21;1-6-17(23)25-11-7-8-12-26-19(24)18(22-5)20-27-15-10-9-14(21(2,3)4)13-16(15)28-20;1-6-15(21)23-9-10-24-17(22)16(20-5)18-25-13-8-7-12(19(2,3)4)11-14(13)26-18;1-10-7-11(2)12-9-15(19-14(12)8-10)17-18-13-5-3-4-6-16(13)20-17;;;;;;;;;;/h3-6H,1-2,7-10,13-16H2;5-6,8-9,12-14,16-17H,2-4,10,15H2,1H3;6,9H,1,7-8,11-12H2,2-4H3;6-7H,1,9-10H2,2-4H3;3-4,7-9H,1-2H3;;;;;;;;;;/q5*-2;10*+1/b;22-17+;20-18-;18-16-;;;;;;;;;;;. The van der Waals surface area contributed by atoms with Crippen LogP contribution in [0.3, 0.4) is 0 Å². The van der Waals surface area contributed by atoms with Crippen LogP contribution in [0.25, 0.3) is 51.7 Å². The SMILES string of the molecule is C=CC(=O)OCCCCOC(=O)C(C(=O)OCCCCOC(=O)C=C)=C1Sc2[c-]cc[c-]c2S1.CCCCCCN(/N=C/c1[c-]cc[c-]c1)c1cc2ccccc2s1.Cc1cc(C)c2cc(-c3nc4[c-]cc[c-]c4s3)oc2c1.[C-]#[N+]/C(C(=O)OCCCCOC(=O)C=C)=C1/Sc2[c-]cc(C(C)(C)C)[c-]c2S1.[C-]#[N+]/C(C(=O)OCCOC(=O)C=C)=C1/Sc2[c-]cc(C(C)(C)C)[c-]c2S1.[K+].[K+].[K+].[K+].[K+].[K+].[K+].[K+].[K+].[K+]. The molecular weight excluding hydrogens is 2210 g/mol. The molecule has 22 nitrogen and oxygen atoms in total. The molecule has 142 heavy (non-hydrogen) atoms. The molecule has 0 amide bonds. The Kier molecular flexibility index (Phi) is 85.3. The van der Waals surface area contributed by atoms with Gasteiger partial charge in [-0.05, 0) is 99.6 Å². The smallest absolute Gasteiger partial charge is 0.471 e. The number of carbonyl (C=O) groups is 8. The van der Waals surface area contributed by atoms with Crippen LogP contribution in [0, 0.1) is 87.7 Å². The Labute approximate surface area is 1290 Å².